The number of ether oxygens (including phenoxy) is 4. The zero-order valence-corrected chi connectivity index (χ0v) is 35.7. The number of amides is 1. The molecule has 2 atom stereocenters. The zero-order chi connectivity index (χ0) is 43.0. The molecule has 21 heteroatoms. The summed E-state index contributed by atoms with van der Waals surface area (Å²) < 4.78 is 96.2. The molecule has 0 unspecified atom stereocenters. The fourth-order valence-corrected chi connectivity index (χ4v) is 4.55. The van der Waals surface area contributed by atoms with Crippen molar-refractivity contribution in [2.24, 2.45) is 5.73 Å². The van der Waals surface area contributed by atoms with Gasteiger partial charge in [0.25, 0.3) is 0 Å². The lowest BCUT2D eigenvalue weighted by atomic mass is 10.0. The Balaban J connectivity index is 0.000000855. The monoisotopic (exact) mass is 910 g/mol. The topological polar surface area (TPSA) is 152 Å². The van der Waals surface area contributed by atoms with Crippen molar-refractivity contribution in [3.05, 3.63) is 82.4 Å². The fourth-order valence-electron chi connectivity index (χ4n) is 4.22. The van der Waals surface area contributed by atoms with E-state index in [1.807, 2.05) is 5.32 Å². The molecule has 2 aromatic heterocycles. The van der Waals surface area contributed by atoms with Gasteiger partial charge < -0.3 is 30.0 Å². The molecule has 58 heavy (non-hydrogen) atoms. The van der Waals surface area contributed by atoms with Crippen molar-refractivity contribution in [3.63, 3.8) is 0 Å². The van der Waals surface area contributed by atoms with Crippen molar-refractivity contribution in [2.45, 2.75) is 104 Å². The van der Waals surface area contributed by atoms with Crippen LogP contribution >= 0.6 is 48.0 Å². The highest BCUT2D eigenvalue weighted by atomic mass is 35.5. The molecule has 0 fully saturated rings. The lowest BCUT2D eigenvalue weighted by molar-refractivity contribution is -0.157. The Hall–Kier alpha value is -4.03. The predicted octanol–water partition coefficient (Wildman–Crippen LogP) is 12.2. The number of hydrogen-bond acceptors (Lipinski definition) is 10. The summed E-state index contributed by atoms with van der Waals surface area (Å²) in [6, 6.07) is 7.14. The van der Waals surface area contributed by atoms with Crippen molar-refractivity contribution in [1.29, 1.82) is 0 Å². The van der Waals surface area contributed by atoms with E-state index in [2.05, 4.69) is 14.7 Å². The Labute approximate surface area is 353 Å². The first-order valence-electron chi connectivity index (χ1n) is 16.5. The normalized spacial score (nSPS) is 12.8. The molecule has 324 valence electrons. The van der Waals surface area contributed by atoms with E-state index in [9.17, 15) is 40.7 Å². The molecule has 0 aliphatic carbocycles. The van der Waals surface area contributed by atoms with E-state index < -0.39 is 59.6 Å². The SMILES string of the molecule is CC(C)(C)OC(=O)N[C@@H](c1ccc2cnc(Cl)cc2c1)C(F)(F)F.CC(C)(C)OC(=O)OC(=O)OC(C)(C)C.Cl.Cl.N[C@@H](c1ccc2cnc(Cl)cc2c1)C(F)(F)F. The van der Waals surface area contributed by atoms with Gasteiger partial charge in [0.1, 0.15) is 33.2 Å². The molecule has 0 saturated heterocycles. The molecule has 0 radical (unpaired) electrons. The molecule has 0 aliphatic rings. The van der Waals surface area contributed by atoms with Crippen molar-refractivity contribution in [3.8, 4) is 0 Å². The minimum Gasteiger partial charge on any atom is -0.444 e. The number of rotatable bonds is 3. The summed E-state index contributed by atoms with van der Waals surface area (Å²) in [5, 5.41) is 4.71. The molecule has 0 aliphatic heterocycles. The highest BCUT2D eigenvalue weighted by molar-refractivity contribution is 6.30. The molecule has 2 aromatic carbocycles. The molecule has 4 aromatic rings. The third kappa shape index (κ3) is 19.6. The molecule has 0 spiro atoms. The van der Waals surface area contributed by atoms with Crippen LogP contribution in [0.1, 0.15) is 85.5 Å². The number of pyridine rings is 2. The molecule has 1 amide bonds. The highest BCUT2D eigenvalue weighted by Gasteiger charge is 2.43. The van der Waals surface area contributed by atoms with Gasteiger partial charge in [-0.1, -0.05) is 47.5 Å². The smallest absolute Gasteiger partial charge is 0.444 e. The van der Waals surface area contributed by atoms with E-state index in [1.165, 1.54) is 54.9 Å². The van der Waals surface area contributed by atoms with Crippen molar-refractivity contribution in [1.82, 2.24) is 15.3 Å². The Morgan fingerprint density at radius 1 is 0.603 bits per heavy atom. The molecule has 3 N–H and O–H groups in total. The van der Waals surface area contributed by atoms with Gasteiger partial charge in [0, 0.05) is 23.2 Å². The first-order valence-corrected chi connectivity index (χ1v) is 17.2. The first kappa shape index (κ1) is 54.0. The van der Waals surface area contributed by atoms with E-state index >= 15 is 0 Å². The summed E-state index contributed by atoms with van der Waals surface area (Å²) in [4.78, 5) is 41.5. The Kier molecular flexibility index (Phi) is 19.8. The molecular weight excluding hydrogens is 868 g/mol. The van der Waals surface area contributed by atoms with Crippen LogP contribution in [-0.4, -0.2) is 57.5 Å². The summed E-state index contributed by atoms with van der Waals surface area (Å²) in [5.74, 6) is 0. The van der Waals surface area contributed by atoms with E-state index in [4.69, 9.17) is 43.1 Å². The standard InChI is InChI=1S/C16H16ClF3N2O2.C11H8ClF3N2.C10H18O5.2ClH/c1-15(2,3)24-14(23)22-13(16(18,19)20)9-4-5-10-8-21-12(17)7-11(10)6-9;12-9-4-8-3-6(10(16)11(13,14)15)1-2-7(8)5-17-9;1-9(2,3)14-7(11)13-8(12)15-10(4,5)6;;/h4-8,13H,1-3H3,(H,22,23);1-5,10H,16H2;1-6H3;2*1H/t13-;10-;;;/m00.../s1. The van der Waals surface area contributed by atoms with Gasteiger partial charge in [-0.3, -0.25) is 0 Å². The van der Waals surface area contributed by atoms with Crippen LogP contribution in [-0.2, 0) is 18.9 Å². The van der Waals surface area contributed by atoms with Crippen LogP contribution in [0.4, 0.5) is 40.7 Å². The largest absolute Gasteiger partial charge is 0.519 e. The summed E-state index contributed by atoms with van der Waals surface area (Å²) in [5.41, 5.74) is 2.72. The zero-order valence-electron chi connectivity index (χ0n) is 32.6. The number of benzene rings is 2. The number of alkyl halides is 6. The Morgan fingerprint density at radius 3 is 1.34 bits per heavy atom. The Morgan fingerprint density at radius 2 is 0.983 bits per heavy atom. The van der Waals surface area contributed by atoms with Crippen LogP contribution in [0.25, 0.3) is 21.5 Å². The number of halogens is 10. The summed E-state index contributed by atoms with van der Waals surface area (Å²) in [7, 11) is 0. The van der Waals surface area contributed by atoms with Crippen LogP contribution in [0.15, 0.2) is 60.9 Å². The molecule has 0 saturated carbocycles. The molecular formula is C37H44Cl4F6N4O7. The number of alkyl carbamates (subject to hydrolysis) is 1. The fraction of sp³-hybridized carbons (Fsp3) is 0.432. The van der Waals surface area contributed by atoms with Gasteiger partial charge in [0.2, 0.25) is 0 Å². The van der Waals surface area contributed by atoms with E-state index in [0.717, 1.165) is 0 Å². The van der Waals surface area contributed by atoms with Crippen molar-refractivity contribution < 1.29 is 59.7 Å². The number of nitrogens with zero attached hydrogens (tertiary/aromatic N) is 2. The molecule has 11 nitrogen and oxygen atoms in total. The maximum atomic E-state index is 13.4. The third-order valence-electron chi connectivity index (χ3n) is 6.40. The lowest BCUT2D eigenvalue weighted by Gasteiger charge is -2.25. The average Bonchev–Trinajstić information content (AvgIpc) is 2.99. The maximum Gasteiger partial charge on any atom is 0.519 e. The van der Waals surface area contributed by atoms with Crippen LogP contribution < -0.4 is 11.1 Å². The van der Waals surface area contributed by atoms with Crippen LogP contribution in [0.2, 0.25) is 10.3 Å². The highest BCUT2D eigenvalue weighted by Crippen LogP contribution is 2.35. The van der Waals surface area contributed by atoms with Gasteiger partial charge in [-0.15, -0.1) is 24.8 Å². The van der Waals surface area contributed by atoms with Crippen LogP contribution in [0.3, 0.4) is 0 Å². The minimum atomic E-state index is -4.68. The van der Waals surface area contributed by atoms with Gasteiger partial charge in [-0.05, 0) is 108 Å². The summed E-state index contributed by atoms with van der Waals surface area (Å²) >= 11 is 11.5. The van der Waals surface area contributed by atoms with Gasteiger partial charge in [0.15, 0.2) is 6.04 Å². The number of nitrogens with two attached hydrogens (primary N) is 1. The van der Waals surface area contributed by atoms with E-state index in [-0.39, 0.29) is 46.2 Å². The van der Waals surface area contributed by atoms with Gasteiger partial charge in [-0.25, -0.2) is 24.4 Å². The quantitative estimate of drug-likeness (QED) is 0.0668. The lowest BCUT2D eigenvalue weighted by Crippen LogP contribution is -2.41. The number of carbonyl (C=O) groups is 3. The summed E-state index contributed by atoms with van der Waals surface area (Å²) in [6.45, 7) is 14.7. The van der Waals surface area contributed by atoms with Gasteiger partial charge in [0.05, 0.1) is 0 Å². The second-order valence-electron chi connectivity index (χ2n) is 14.9. The average molecular weight is 913 g/mol. The number of nitrogens with one attached hydrogen (secondary N) is 1. The molecule has 0 bridgehead atoms. The third-order valence-corrected chi connectivity index (χ3v) is 6.82. The van der Waals surface area contributed by atoms with Crippen LogP contribution in [0.5, 0.6) is 0 Å². The van der Waals surface area contributed by atoms with Crippen LogP contribution in [0, 0.1) is 0 Å². The maximum absolute atomic E-state index is 13.4. The van der Waals surface area contributed by atoms with Crippen molar-refractivity contribution in [2.75, 3.05) is 0 Å². The predicted molar refractivity (Wildman–Crippen MR) is 213 cm³/mol. The Bertz CT molecular complexity index is 1980. The number of carbonyl (C=O) groups excluding carboxylic acids is 3. The van der Waals surface area contributed by atoms with Crippen molar-refractivity contribution >= 4 is 88.0 Å². The second-order valence-corrected chi connectivity index (χ2v) is 15.7. The van der Waals surface area contributed by atoms with E-state index in [1.54, 1.807) is 68.4 Å². The van der Waals surface area contributed by atoms with Gasteiger partial charge >= 0.3 is 30.8 Å². The number of fused-ring (bicyclic) bond motifs is 2. The minimum absolute atomic E-state index is 0. The number of aromatic nitrogens is 2. The van der Waals surface area contributed by atoms with E-state index in [0.29, 0.717) is 21.5 Å². The number of hydrogen-bond donors (Lipinski definition) is 2. The molecule has 4 rings (SSSR count). The first-order chi connectivity index (χ1) is 25.3. The summed E-state index contributed by atoms with van der Waals surface area (Å²) in [6.07, 6.45) is -9.43. The second kappa shape index (κ2) is 21.3. The molecule has 2 heterocycles. The van der Waals surface area contributed by atoms with Gasteiger partial charge in [-0.2, -0.15) is 26.3 Å².